The molecule has 0 saturated heterocycles. The van der Waals surface area contributed by atoms with E-state index in [0.29, 0.717) is 30.5 Å². The van der Waals surface area contributed by atoms with Crippen molar-refractivity contribution < 1.29 is 20.1 Å². The van der Waals surface area contributed by atoms with E-state index in [9.17, 15) is 9.90 Å². The molecular formula is C24H40O4. The highest BCUT2D eigenvalue weighted by atomic mass is 16.3. The summed E-state index contributed by atoms with van der Waals surface area (Å²) in [6, 6.07) is 0. The van der Waals surface area contributed by atoms with Crippen LogP contribution in [0.3, 0.4) is 0 Å². The van der Waals surface area contributed by atoms with Gasteiger partial charge in [0.1, 0.15) is 5.78 Å². The Morgan fingerprint density at radius 1 is 0.929 bits per heavy atom. The molecule has 2 aliphatic rings. The summed E-state index contributed by atoms with van der Waals surface area (Å²) < 4.78 is 0. The van der Waals surface area contributed by atoms with Gasteiger partial charge in [0.25, 0.3) is 0 Å². The molecule has 4 nitrogen and oxygen atoms in total. The summed E-state index contributed by atoms with van der Waals surface area (Å²) >= 11 is 0. The first-order valence-corrected chi connectivity index (χ1v) is 11.4. The molecular weight excluding hydrogens is 352 g/mol. The predicted octanol–water partition coefficient (Wildman–Crippen LogP) is 4.33. The summed E-state index contributed by atoms with van der Waals surface area (Å²) in [6.07, 6.45) is 20.3. The number of hydrogen-bond donors (Lipinski definition) is 3. The molecule has 28 heavy (non-hydrogen) atoms. The first-order valence-electron chi connectivity index (χ1n) is 11.4. The Balaban J connectivity index is 1.80. The van der Waals surface area contributed by atoms with Crippen molar-refractivity contribution in [1.82, 2.24) is 0 Å². The molecule has 0 radical (unpaired) electrons. The molecule has 0 bridgehead atoms. The Hall–Kier alpha value is -0.970. The second-order valence-electron chi connectivity index (χ2n) is 8.75. The molecule has 2 rings (SSSR count). The number of carbonyl (C=O) groups excluding carboxylic acids is 1. The van der Waals surface area contributed by atoms with Gasteiger partial charge < -0.3 is 15.3 Å². The Bertz CT molecular complexity index is 509. The van der Waals surface area contributed by atoms with Crippen molar-refractivity contribution in [1.29, 1.82) is 0 Å². The fraction of sp³-hybridized carbons (Fsp3) is 0.792. The van der Waals surface area contributed by atoms with Gasteiger partial charge in [0.05, 0.1) is 5.60 Å². The number of carbonyl (C=O) groups is 1. The molecule has 1 unspecified atom stereocenters. The molecule has 0 amide bonds. The van der Waals surface area contributed by atoms with Gasteiger partial charge in [0, 0.05) is 25.6 Å². The molecule has 0 aromatic heterocycles. The lowest BCUT2D eigenvalue weighted by Gasteiger charge is -2.27. The van der Waals surface area contributed by atoms with Crippen molar-refractivity contribution in [2.45, 2.75) is 89.1 Å². The van der Waals surface area contributed by atoms with Gasteiger partial charge in [0.15, 0.2) is 0 Å². The van der Waals surface area contributed by atoms with E-state index in [1.54, 1.807) is 0 Å². The summed E-state index contributed by atoms with van der Waals surface area (Å²) in [5, 5.41) is 28.8. The minimum Gasteiger partial charge on any atom is -0.396 e. The van der Waals surface area contributed by atoms with Gasteiger partial charge in [-0.2, -0.15) is 0 Å². The van der Waals surface area contributed by atoms with Crippen molar-refractivity contribution in [2.75, 3.05) is 13.2 Å². The number of allylic oxidation sites excluding steroid dienone is 3. The third-order valence-electron chi connectivity index (χ3n) is 6.45. The molecule has 0 aromatic carbocycles. The summed E-state index contributed by atoms with van der Waals surface area (Å²) in [6.45, 7) is 0.477. The Kier molecular flexibility index (Phi) is 10.5. The molecule has 2 aliphatic carbocycles. The number of ketones is 1. The van der Waals surface area contributed by atoms with Crippen molar-refractivity contribution >= 4 is 5.78 Å². The molecule has 160 valence electrons. The average Bonchev–Trinajstić information content (AvgIpc) is 3.49. The first kappa shape index (κ1) is 23.3. The molecule has 3 atom stereocenters. The van der Waals surface area contributed by atoms with Crippen LogP contribution in [-0.4, -0.2) is 39.9 Å². The summed E-state index contributed by atoms with van der Waals surface area (Å²) in [7, 11) is 0. The lowest BCUT2D eigenvalue weighted by molar-refractivity contribution is -0.120. The maximum Gasteiger partial charge on any atom is 0.136 e. The van der Waals surface area contributed by atoms with E-state index >= 15 is 0 Å². The molecule has 3 N–H and O–H groups in total. The molecule has 2 saturated carbocycles. The van der Waals surface area contributed by atoms with Crippen LogP contribution in [0.2, 0.25) is 0 Å². The van der Waals surface area contributed by atoms with E-state index in [1.165, 1.54) is 0 Å². The Labute approximate surface area is 170 Å². The second-order valence-corrected chi connectivity index (χ2v) is 8.75. The van der Waals surface area contributed by atoms with Crippen molar-refractivity contribution in [3.8, 4) is 0 Å². The lowest BCUT2D eigenvalue weighted by Crippen LogP contribution is -2.30. The molecule has 0 aliphatic heterocycles. The van der Waals surface area contributed by atoms with Crippen molar-refractivity contribution in [2.24, 2.45) is 17.8 Å². The molecule has 0 aromatic rings. The third kappa shape index (κ3) is 7.81. The van der Waals surface area contributed by atoms with E-state index in [4.69, 9.17) is 10.2 Å². The van der Waals surface area contributed by atoms with E-state index in [1.807, 2.05) is 0 Å². The number of hydrogen-bond acceptors (Lipinski definition) is 4. The Morgan fingerprint density at radius 3 is 2.39 bits per heavy atom. The normalized spacial score (nSPS) is 25.2. The van der Waals surface area contributed by atoms with Crippen molar-refractivity contribution in [3.05, 3.63) is 24.3 Å². The van der Waals surface area contributed by atoms with Crippen LogP contribution in [0.1, 0.15) is 83.5 Å². The zero-order valence-corrected chi connectivity index (χ0v) is 17.4. The van der Waals surface area contributed by atoms with Gasteiger partial charge in [0.2, 0.25) is 0 Å². The van der Waals surface area contributed by atoms with Crippen LogP contribution >= 0.6 is 0 Å². The molecule has 0 heterocycles. The minimum atomic E-state index is -0.601. The van der Waals surface area contributed by atoms with Gasteiger partial charge in [-0.3, -0.25) is 4.79 Å². The zero-order chi connectivity index (χ0) is 20.2. The van der Waals surface area contributed by atoms with Crippen LogP contribution in [0.25, 0.3) is 0 Å². The smallest absolute Gasteiger partial charge is 0.136 e. The van der Waals surface area contributed by atoms with E-state index in [-0.39, 0.29) is 19.1 Å². The number of aliphatic hydroxyl groups excluding tert-OH is 2. The minimum absolute atomic E-state index is 0.0870. The van der Waals surface area contributed by atoms with Gasteiger partial charge in [-0.25, -0.2) is 0 Å². The average molecular weight is 393 g/mol. The summed E-state index contributed by atoms with van der Waals surface area (Å²) in [5.41, 5.74) is -0.601. The second kappa shape index (κ2) is 12.6. The van der Waals surface area contributed by atoms with E-state index in [0.717, 1.165) is 70.6 Å². The number of Topliss-reactive ketones (excluding diaryl/α,β-unsaturated/α-hetero) is 1. The van der Waals surface area contributed by atoms with Crippen LogP contribution in [-0.2, 0) is 4.79 Å². The van der Waals surface area contributed by atoms with E-state index < -0.39 is 5.60 Å². The first-order chi connectivity index (χ1) is 13.6. The maximum absolute atomic E-state index is 12.3. The van der Waals surface area contributed by atoms with Gasteiger partial charge in [-0.15, -0.1) is 0 Å². The number of unbranched alkanes of at least 4 members (excludes halogenated alkanes) is 4. The summed E-state index contributed by atoms with van der Waals surface area (Å²) in [4.78, 5) is 12.3. The molecule has 4 heteroatoms. The summed E-state index contributed by atoms with van der Waals surface area (Å²) in [5.74, 6) is 1.18. The predicted molar refractivity (Wildman–Crippen MR) is 113 cm³/mol. The fourth-order valence-electron chi connectivity index (χ4n) is 4.47. The van der Waals surface area contributed by atoms with Gasteiger partial charge in [-0.05, 0) is 76.0 Å². The number of rotatable bonds is 15. The van der Waals surface area contributed by atoms with Crippen molar-refractivity contribution in [3.63, 3.8) is 0 Å². The van der Waals surface area contributed by atoms with Crippen LogP contribution in [0.4, 0.5) is 0 Å². The highest BCUT2D eigenvalue weighted by Crippen LogP contribution is 2.45. The van der Waals surface area contributed by atoms with E-state index in [2.05, 4.69) is 24.3 Å². The highest BCUT2D eigenvalue weighted by molar-refractivity contribution is 5.83. The lowest BCUT2D eigenvalue weighted by atomic mass is 9.86. The van der Waals surface area contributed by atoms with Gasteiger partial charge >= 0.3 is 0 Å². The fourth-order valence-corrected chi connectivity index (χ4v) is 4.47. The van der Waals surface area contributed by atoms with Gasteiger partial charge in [-0.1, -0.05) is 37.1 Å². The standard InChI is InChI=1S/C24H40O4/c25-18-7-3-1-2-5-11-22-20(12-15-23(22)27)10-9-17-24(28,21-13-14-21)16-6-4-8-19-26/h2,5,9-10,20-22,25-26,28H,1,3-4,6-8,11-19H2/t20-,22+,24?/m0/s1. The maximum atomic E-state index is 12.3. The topological polar surface area (TPSA) is 77.8 Å². The molecule has 0 spiro atoms. The quantitative estimate of drug-likeness (QED) is 0.286. The Morgan fingerprint density at radius 2 is 1.68 bits per heavy atom. The third-order valence-corrected chi connectivity index (χ3v) is 6.45. The molecule has 2 fully saturated rings. The van der Waals surface area contributed by atoms with Crippen LogP contribution in [0.15, 0.2) is 24.3 Å². The number of aliphatic hydroxyl groups is 3. The van der Waals surface area contributed by atoms with Crippen LogP contribution in [0.5, 0.6) is 0 Å². The largest absolute Gasteiger partial charge is 0.396 e. The van der Waals surface area contributed by atoms with Crippen LogP contribution in [0, 0.1) is 17.8 Å². The monoisotopic (exact) mass is 392 g/mol. The zero-order valence-electron chi connectivity index (χ0n) is 17.4. The highest BCUT2D eigenvalue weighted by Gasteiger charge is 2.42. The SMILES string of the molecule is O=C1CC[C@H](C=CCC(O)(CCCCCO)C2CC2)[C@H]1CC=CCCCCO. The van der Waals surface area contributed by atoms with Crippen LogP contribution < -0.4 is 0 Å².